The average molecular weight is 329 g/mol. The molecule has 0 aliphatic heterocycles. The first kappa shape index (κ1) is 17.6. The third kappa shape index (κ3) is 5.81. The Morgan fingerprint density at radius 1 is 1.08 bits per heavy atom. The Kier molecular flexibility index (Phi) is 6.91. The quantitative estimate of drug-likeness (QED) is 0.486. The molecular formula is C18H23N3O3. The van der Waals surface area contributed by atoms with Gasteiger partial charge in [0.15, 0.2) is 11.5 Å². The summed E-state index contributed by atoms with van der Waals surface area (Å²) >= 11 is 0. The highest BCUT2D eigenvalue weighted by atomic mass is 16.5. The van der Waals surface area contributed by atoms with E-state index in [1.807, 2.05) is 48.5 Å². The second kappa shape index (κ2) is 9.42. The highest BCUT2D eigenvalue weighted by molar-refractivity contribution is 5.72. The third-order valence-electron chi connectivity index (χ3n) is 3.26. The van der Waals surface area contributed by atoms with Crippen molar-refractivity contribution >= 4 is 11.6 Å². The van der Waals surface area contributed by atoms with Crippen LogP contribution in [0.1, 0.15) is 12.5 Å². The fraction of sp³-hybridized carbons (Fsp3) is 0.278. The van der Waals surface area contributed by atoms with Gasteiger partial charge in [-0.3, -0.25) is 4.79 Å². The molecule has 0 aliphatic carbocycles. The molecule has 128 valence electrons. The Morgan fingerprint density at radius 2 is 1.88 bits per heavy atom. The first-order valence-electron chi connectivity index (χ1n) is 7.77. The first-order chi connectivity index (χ1) is 11.7. The standard InChI is InChI=1S/C18H23N3O3/c1-14(22)19-10-11-24-17-9-8-15(12-18(17)23-2)13-20-21-16-6-4-3-5-7-16/h3-9,12,20-21H,10-11,13H2,1-2H3,(H,19,22). The summed E-state index contributed by atoms with van der Waals surface area (Å²) in [5.41, 5.74) is 8.36. The van der Waals surface area contributed by atoms with Crippen molar-refractivity contribution in [1.82, 2.24) is 10.7 Å². The number of methoxy groups -OCH3 is 1. The van der Waals surface area contributed by atoms with Crippen LogP contribution in [-0.4, -0.2) is 26.2 Å². The van der Waals surface area contributed by atoms with Crippen molar-refractivity contribution in [3.8, 4) is 11.5 Å². The summed E-state index contributed by atoms with van der Waals surface area (Å²) < 4.78 is 11.0. The number of anilines is 1. The van der Waals surface area contributed by atoms with Crippen LogP contribution in [0.2, 0.25) is 0 Å². The molecule has 6 nitrogen and oxygen atoms in total. The Labute approximate surface area is 142 Å². The smallest absolute Gasteiger partial charge is 0.216 e. The lowest BCUT2D eigenvalue weighted by Gasteiger charge is -2.13. The van der Waals surface area contributed by atoms with E-state index in [-0.39, 0.29) is 5.91 Å². The van der Waals surface area contributed by atoms with Gasteiger partial charge in [-0.05, 0) is 29.8 Å². The van der Waals surface area contributed by atoms with E-state index in [9.17, 15) is 4.79 Å². The van der Waals surface area contributed by atoms with E-state index >= 15 is 0 Å². The van der Waals surface area contributed by atoms with Gasteiger partial charge in [-0.25, -0.2) is 5.43 Å². The number of hydrogen-bond donors (Lipinski definition) is 3. The number of rotatable bonds is 9. The number of hydrazine groups is 1. The zero-order valence-corrected chi connectivity index (χ0v) is 14.0. The SMILES string of the molecule is COc1cc(CNNc2ccccc2)ccc1OCCNC(C)=O. The van der Waals surface area contributed by atoms with Gasteiger partial charge in [0.2, 0.25) is 5.91 Å². The third-order valence-corrected chi connectivity index (χ3v) is 3.26. The van der Waals surface area contributed by atoms with Crippen molar-refractivity contribution in [2.45, 2.75) is 13.5 Å². The zero-order chi connectivity index (χ0) is 17.2. The molecule has 0 saturated heterocycles. The second-order valence-electron chi connectivity index (χ2n) is 5.16. The van der Waals surface area contributed by atoms with Gasteiger partial charge in [-0.1, -0.05) is 24.3 Å². The molecule has 0 spiro atoms. The fourth-order valence-corrected chi connectivity index (χ4v) is 2.10. The number of ether oxygens (including phenoxy) is 2. The minimum atomic E-state index is -0.0714. The molecule has 2 aromatic rings. The van der Waals surface area contributed by atoms with Crippen LogP contribution in [-0.2, 0) is 11.3 Å². The lowest BCUT2D eigenvalue weighted by atomic mass is 10.2. The number of carbonyl (C=O) groups excluding carboxylic acids is 1. The van der Waals surface area contributed by atoms with Crippen molar-refractivity contribution in [2.24, 2.45) is 0 Å². The van der Waals surface area contributed by atoms with Crippen molar-refractivity contribution in [2.75, 3.05) is 25.7 Å². The lowest BCUT2D eigenvalue weighted by Crippen LogP contribution is -2.25. The molecule has 2 rings (SSSR count). The van der Waals surface area contributed by atoms with E-state index in [4.69, 9.17) is 9.47 Å². The zero-order valence-electron chi connectivity index (χ0n) is 14.0. The van der Waals surface area contributed by atoms with Crippen LogP contribution >= 0.6 is 0 Å². The van der Waals surface area contributed by atoms with E-state index in [1.165, 1.54) is 6.92 Å². The predicted molar refractivity (Wildman–Crippen MR) is 94.1 cm³/mol. The van der Waals surface area contributed by atoms with Crippen molar-refractivity contribution in [3.05, 3.63) is 54.1 Å². The molecule has 0 bridgehead atoms. The molecule has 0 aromatic heterocycles. The predicted octanol–water partition coefficient (Wildman–Crippen LogP) is 2.33. The lowest BCUT2D eigenvalue weighted by molar-refractivity contribution is -0.119. The summed E-state index contributed by atoms with van der Waals surface area (Å²) in [6, 6.07) is 15.6. The summed E-state index contributed by atoms with van der Waals surface area (Å²) in [6.07, 6.45) is 0. The van der Waals surface area contributed by atoms with Gasteiger partial charge in [0.25, 0.3) is 0 Å². The van der Waals surface area contributed by atoms with Crippen LogP contribution in [0.3, 0.4) is 0 Å². The maximum absolute atomic E-state index is 10.8. The Morgan fingerprint density at radius 3 is 2.58 bits per heavy atom. The van der Waals surface area contributed by atoms with Gasteiger partial charge in [-0.2, -0.15) is 0 Å². The molecule has 2 aromatic carbocycles. The summed E-state index contributed by atoms with van der Waals surface area (Å²) in [4.78, 5) is 10.8. The molecular weight excluding hydrogens is 306 g/mol. The Hall–Kier alpha value is -2.73. The number of para-hydroxylation sites is 1. The minimum Gasteiger partial charge on any atom is -0.493 e. The van der Waals surface area contributed by atoms with Gasteiger partial charge in [-0.15, -0.1) is 0 Å². The van der Waals surface area contributed by atoms with E-state index in [2.05, 4.69) is 16.2 Å². The van der Waals surface area contributed by atoms with Crippen LogP contribution in [0.25, 0.3) is 0 Å². The van der Waals surface area contributed by atoms with Gasteiger partial charge in [0.05, 0.1) is 13.7 Å². The summed E-state index contributed by atoms with van der Waals surface area (Å²) in [5.74, 6) is 1.25. The number of amides is 1. The van der Waals surface area contributed by atoms with Crippen molar-refractivity contribution in [3.63, 3.8) is 0 Å². The number of hydrogen-bond acceptors (Lipinski definition) is 5. The van der Waals surface area contributed by atoms with Crippen LogP contribution in [0, 0.1) is 0 Å². The molecule has 0 fully saturated rings. The van der Waals surface area contributed by atoms with E-state index in [0.717, 1.165) is 11.3 Å². The van der Waals surface area contributed by atoms with Crippen LogP contribution in [0.4, 0.5) is 5.69 Å². The van der Waals surface area contributed by atoms with E-state index < -0.39 is 0 Å². The average Bonchev–Trinajstić information content (AvgIpc) is 2.60. The topological polar surface area (TPSA) is 71.6 Å². The Balaban J connectivity index is 1.84. The molecule has 0 radical (unpaired) electrons. The van der Waals surface area contributed by atoms with Gasteiger partial charge in [0.1, 0.15) is 6.61 Å². The fourth-order valence-electron chi connectivity index (χ4n) is 2.10. The molecule has 0 unspecified atom stereocenters. The van der Waals surface area contributed by atoms with Crippen molar-refractivity contribution < 1.29 is 14.3 Å². The summed E-state index contributed by atoms with van der Waals surface area (Å²) in [7, 11) is 1.61. The van der Waals surface area contributed by atoms with Crippen LogP contribution in [0.15, 0.2) is 48.5 Å². The molecule has 3 N–H and O–H groups in total. The summed E-state index contributed by atoms with van der Waals surface area (Å²) in [6.45, 7) is 2.97. The van der Waals surface area contributed by atoms with E-state index in [1.54, 1.807) is 7.11 Å². The molecule has 0 saturated carbocycles. The monoisotopic (exact) mass is 329 g/mol. The Bertz CT molecular complexity index is 647. The van der Waals surface area contributed by atoms with Gasteiger partial charge < -0.3 is 20.2 Å². The van der Waals surface area contributed by atoms with Crippen LogP contribution < -0.4 is 25.6 Å². The number of benzene rings is 2. The highest BCUT2D eigenvalue weighted by Gasteiger charge is 2.06. The molecule has 0 atom stereocenters. The number of carbonyl (C=O) groups is 1. The molecule has 24 heavy (non-hydrogen) atoms. The maximum Gasteiger partial charge on any atom is 0.216 e. The molecule has 6 heteroatoms. The van der Waals surface area contributed by atoms with Gasteiger partial charge >= 0.3 is 0 Å². The molecule has 0 heterocycles. The van der Waals surface area contributed by atoms with Crippen LogP contribution in [0.5, 0.6) is 11.5 Å². The van der Waals surface area contributed by atoms with Crippen molar-refractivity contribution in [1.29, 1.82) is 0 Å². The maximum atomic E-state index is 10.8. The second-order valence-corrected chi connectivity index (χ2v) is 5.16. The number of nitrogens with one attached hydrogen (secondary N) is 3. The van der Waals surface area contributed by atoms with E-state index in [0.29, 0.717) is 31.2 Å². The molecule has 1 amide bonds. The largest absolute Gasteiger partial charge is 0.493 e. The normalized spacial score (nSPS) is 10.1. The summed E-state index contributed by atoms with van der Waals surface area (Å²) in [5, 5.41) is 2.69. The van der Waals surface area contributed by atoms with Gasteiger partial charge in [0, 0.05) is 19.2 Å². The minimum absolute atomic E-state index is 0.0714. The highest BCUT2D eigenvalue weighted by Crippen LogP contribution is 2.27. The molecule has 0 aliphatic rings. The first-order valence-corrected chi connectivity index (χ1v) is 7.77.